The zero-order chi connectivity index (χ0) is 19.9. The van der Waals surface area contributed by atoms with E-state index in [1.54, 1.807) is 4.90 Å². The maximum Gasteiger partial charge on any atom is 0.255 e. The number of benzene rings is 1. The van der Waals surface area contributed by atoms with E-state index in [1.165, 1.54) is 0 Å². The fourth-order valence-electron chi connectivity index (χ4n) is 3.34. The molecule has 1 aromatic carbocycles. The molecule has 27 heavy (non-hydrogen) atoms. The molecule has 0 unspecified atom stereocenters. The van der Waals surface area contributed by atoms with Crippen LogP contribution in [0.2, 0.25) is 0 Å². The number of rotatable bonds is 4. The van der Waals surface area contributed by atoms with Crippen LogP contribution in [0.1, 0.15) is 46.7 Å². The number of carbonyl (C=O) groups excluding carboxylic acids is 1. The van der Waals surface area contributed by atoms with Gasteiger partial charge in [-0.05, 0) is 58.4 Å². The molecule has 0 aliphatic carbocycles. The maximum atomic E-state index is 13.4. The Labute approximate surface area is 166 Å². The molecule has 6 nitrogen and oxygen atoms in total. The summed E-state index contributed by atoms with van der Waals surface area (Å²) in [6.45, 7) is 9.80. The number of halogens is 1. The summed E-state index contributed by atoms with van der Waals surface area (Å²) in [5.74, 6) is -0.125. The van der Waals surface area contributed by atoms with Crippen molar-refractivity contribution >= 4 is 32.7 Å². The zero-order valence-electron chi connectivity index (χ0n) is 16.1. The number of aromatic amines is 2. The van der Waals surface area contributed by atoms with Crippen LogP contribution >= 0.6 is 15.9 Å². The van der Waals surface area contributed by atoms with Gasteiger partial charge in [-0.1, -0.05) is 15.9 Å². The topological polar surface area (TPSA) is 81.8 Å². The van der Waals surface area contributed by atoms with E-state index in [0.29, 0.717) is 11.1 Å². The van der Waals surface area contributed by atoms with E-state index < -0.39 is 0 Å². The first-order chi connectivity index (χ1) is 12.7. The second kappa shape index (κ2) is 7.31. The van der Waals surface area contributed by atoms with Crippen molar-refractivity contribution in [3.05, 3.63) is 61.1 Å². The van der Waals surface area contributed by atoms with Crippen molar-refractivity contribution in [2.24, 2.45) is 0 Å². The van der Waals surface area contributed by atoms with Crippen LogP contribution in [0.3, 0.4) is 0 Å². The molecule has 0 fully saturated rings. The molecule has 0 aliphatic heterocycles. The predicted molar refractivity (Wildman–Crippen MR) is 110 cm³/mol. The highest BCUT2D eigenvalue weighted by Crippen LogP contribution is 2.27. The van der Waals surface area contributed by atoms with Crippen LogP contribution in [-0.4, -0.2) is 32.0 Å². The number of aromatic nitrogens is 3. The minimum absolute atomic E-state index is 0.0705. The Bertz CT molecular complexity index is 1080. The molecule has 0 aliphatic rings. The minimum Gasteiger partial charge on any atom is -0.332 e. The molecular weight excluding hydrogens is 408 g/mol. The second-order valence-electron chi connectivity index (χ2n) is 7.17. The molecule has 1 amide bonds. The molecule has 0 bridgehead atoms. The van der Waals surface area contributed by atoms with Crippen molar-refractivity contribution in [3.8, 4) is 0 Å². The molecule has 2 N–H and O–H groups in total. The van der Waals surface area contributed by atoms with E-state index in [2.05, 4.69) is 31.1 Å². The third-order valence-corrected chi connectivity index (χ3v) is 5.20. The van der Waals surface area contributed by atoms with Gasteiger partial charge in [0, 0.05) is 32.9 Å². The third kappa shape index (κ3) is 3.69. The standard InChI is InChI=1S/C20H23BrN4O2/c1-10(2)25(9-16-11(3)6-12(4)22-19(16)26)20(27)15-7-14(21)8-17-18(15)13(5)23-24-17/h6-8,10H,9H2,1-5H3,(H,22,26)(H,23,24). The largest absolute Gasteiger partial charge is 0.332 e. The summed E-state index contributed by atoms with van der Waals surface area (Å²) in [6, 6.07) is 5.55. The average molecular weight is 431 g/mol. The van der Waals surface area contributed by atoms with E-state index in [4.69, 9.17) is 0 Å². The molecule has 2 heterocycles. The van der Waals surface area contributed by atoms with Gasteiger partial charge < -0.3 is 9.88 Å². The van der Waals surface area contributed by atoms with E-state index in [0.717, 1.165) is 32.3 Å². The van der Waals surface area contributed by atoms with Crippen molar-refractivity contribution < 1.29 is 4.79 Å². The van der Waals surface area contributed by atoms with Crippen LogP contribution in [0.25, 0.3) is 10.9 Å². The van der Waals surface area contributed by atoms with Gasteiger partial charge >= 0.3 is 0 Å². The highest BCUT2D eigenvalue weighted by atomic mass is 79.9. The van der Waals surface area contributed by atoms with Gasteiger partial charge in [0.15, 0.2) is 0 Å². The Balaban J connectivity index is 2.08. The van der Waals surface area contributed by atoms with Gasteiger partial charge in [-0.25, -0.2) is 0 Å². The third-order valence-electron chi connectivity index (χ3n) is 4.74. The Morgan fingerprint density at radius 1 is 1.22 bits per heavy atom. The zero-order valence-corrected chi connectivity index (χ0v) is 17.7. The van der Waals surface area contributed by atoms with Crippen LogP contribution in [0.4, 0.5) is 0 Å². The van der Waals surface area contributed by atoms with E-state index in [9.17, 15) is 9.59 Å². The minimum atomic E-state index is -0.148. The Kier molecular flexibility index (Phi) is 5.24. The number of aryl methyl sites for hydroxylation is 3. The summed E-state index contributed by atoms with van der Waals surface area (Å²) in [5, 5.41) is 8.02. The summed E-state index contributed by atoms with van der Waals surface area (Å²) >= 11 is 3.47. The molecule has 0 saturated heterocycles. The van der Waals surface area contributed by atoms with Crippen molar-refractivity contribution in [1.82, 2.24) is 20.1 Å². The number of hydrogen-bond donors (Lipinski definition) is 2. The van der Waals surface area contributed by atoms with Crippen LogP contribution in [0.5, 0.6) is 0 Å². The molecule has 2 aromatic heterocycles. The lowest BCUT2D eigenvalue weighted by Crippen LogP contribution is -2.38. The highest BCUT2D eigenvalue weighted by Gasteiger charge is 2.24. The van der Waals surface area contributed by atoms with Gasteiger partial charge in [-0.2, -0.15) is 5.10 Å². The quantitative estimate of drug-likeness (QED) is 0.656. The smallest absolute Gasteiger partial charge is 0.255 e. The molecule has 0 spiro atoms. The summed E-state index contributed by atoms with van der Waals surface area (Å²) in [4.78, 5) is 30.4. The van der Waals surface area contributed by atoms with Gasteiger partial charge in [0.2, 0.25) is 0 Å². The predicted octanol–water partition coefficient (Wildman–Crippen LogP) is 3.99. The van der Waals surface area contributed by atoms with E-state index in [1.807, 2.05) is 52.8 Å². The van der Waals surface area contributed by atoms with Gasteiger partial charge in [0.25, 0.3) is 11.5 Å². The fourth-order valence-corrected chi connectivity index (χ4v) is 3.78. The summed E-state index contributed by atoms with van der Waals surface area (Å²) in [6.07, 6.45) is 0. The number of H-pyrrole nitrogens is 2. The molecule has 3 rings (SSSR count). The van der Waals surface area contributed by atoms with Gasteiger partial charge in [0.05, 0.1) is 17.6 Å². The average Bonchev–Trinajstić information content (AvgIpc) is 2.93. The van der Waals surface area contributed by atoms with Crippen molar-refractivity contribution in [3.63, 3.8) is 0 Å². The van der Waals surface area contributed by atoms with Crippen LogP contribution < -0.4 is 5.56 Å². The molecule has 0 saturated carbocycles. The number of hydrogen-bond acceptors (Lipinski definition) is 3. The Hall–Kier alpha value is -2.41. The van der Waals surface area contributed by atoms with Crippen LogP contribution in [-0.2, 0) is 6.54 Å². The lowest BCUT2D eigenvalue weighted by molar-refractivity contribution is 0.0691. The summed E-state index contributed by atoms with van der Waals surface area (Å²) < 4.78 is 0.790. The number of fused-ring (bicyclic) bond motifs is 1. The molecule has 142 valence electrons. The molecule has 0 atom stereocenters. The Morgan fingerprint density at radius 2 is 1.93 bits per heavy atom. The highest BCUT2D eigenvalue weighted by molar-refractivity contribution is 9.10. The maximum absolute atomic E-state index is 13.4. The molecule has 7 heteroatoms. The number of amides is 1. The van der Waals surface area contributed by atoms with E-state index >= 15 is 0 Å². The first-order valence-electron chi connectivity index (χ1n) is 8.83. The summed E-state index contributed by atoms with van der Waals surface area (Å²) in [5.41, 5.74) is 4.30. The first-order valence-corrected chi connectivity index (χ1v) is 9.63. The lowest BCUT2D eigenvalue weighted by atomic mass is 10.0. The monoisotopic (exact) mass is 430 g/mol. The van der Waals surface area contributed by atoms with Gasteiger partial charge in [-0.15, -0.1) is 0 Å². The van der Waals surface area contributed by atoms with Crippen molar-refractivity contribution in [2.45, 2.75) is 47.2 Å². The number of nitrogens with zero attached hydrogens (tertiary/aromatic N) is 2. The first kappa shape index (κ1) is 19.4. The Morgan fingerprint density at radius 3 is 2.56 bits per heavy atom. The van der Waals surface area contributed by atoms with Crippen LogP contribution in [0.15, 0.2) is 27.5 Å². The fraction of sp³-hybridized carbons (Fsp3) is 0.350. The number of pyridine rings is 1. The van der Waals surface area contributed by atoms with Crippen molar-refractivity contribution in [2.75, 3.05) is 0 Å². The van der Waals surface area contributed by atoms with Gasteiger partial charge in [0.1, 0.15) is 0 Å². The van der Waals surface area contributed by atoms with Crippen molar-refractivity contribution in [1.29, 1.82) is 0 Å². The van der Waals surface area contributed by atoms with Gasteiger partial charge in [-0.3, -0.25) is 14.7 Å². The molecule has 3 aromatic rings. The lowest BCUT2D eigenvalue weighted by Gasteiger charge is -2.27. The molecular formula is C20H23BrN4O2. The summed E-state index contributed by atoms with van der Waals surface area (Å²) in [7, 11) is 0. The van der Waals surface area contributed by atoms with Crippen LogP contribution in [0, 0.1) is 20.8 Å². The van der Waals surface area contributed by atoms with E-state index in [-0.39, 0.29) is 24.1 Å². The second-order valence-corrected chi connectivity index (χ2v) is 8.08. The SMILES string of the molecule is Cc1cc(C)c(CN(C(=O)c2cc(Br)cc3n[nH]c(C)c23)C(C)C)c(=O)[nH]1. The number of nitrogens with one attached hydrogen (secondary N) is 2. The molecule has 0 radical (unpaired) electrons. The number of carbonyl (C=O) groups is 1. The normalized spacial score (nSPS) is 11.4.